The van der Waals surface area contributed by atoms with Crippen molar-refractivity contribution in [1.82, 2.24) is 15.5 Å². The van der Waals surface area contributed by atoms with Crippen LogP contribution in [0.1, 0.15) is 18.4 Å². The molecule has 0 saturated carbocycles. The summed E-state index contributed by atoms with van der Waals surface area (Å²) in [5.74, 6) is 1.02. The number of aromatic nitrogens is 2. The van der Waals surface area contributed by atoms with E-state index in [2.05, 4.69) is 31.4 Å². The van der Waals surface area contributed by atoms with Gasteiger partial charge in [0.2, 0.25) is 11.7 Å². The molecule has 17 heavy (non-hydrogen) atoms. The highest BCUT2D eigenvalue weighted by Gasteiger charge is 2.29. The molecule has 0 amide bonds. The molecule has 1 aliphatic rings. The summed E-state index contributed by atoms with van der Waals surface area (Å²) < 4.78 is 19.2. The molecule has 0 bridgehead atoms. The number of halogens is 2. The Balaban J connectivity index is 1.83. The first kappa shape index (κ1) is 11.3. The topological polar surface area (TPSA) is 51.0 Å². The van der Waals surface area contributed by atoms with Gasteiger partial charge in [-0.3, -0.25) is 0 Å². The number of hydrogen-bond acceptors (Lipinski definition) is 5. The van der Waals surface area contributed by atoms with Gasteiger partial charge in [-0.25, -0.2) is 4.39 Å². The maximum atomic E-state index is 13.0. The first-order valence-electron chi connectivity index (χ1n) is 5.18. The van der Waals surface area contributed by atoms with Crippen LogP contribution in [0.4, 0.5) is 4.39 Å². The Morgan fingerprint density at radius 3 is 3.12 bits per heavy atom. The van der Waals surface area contributed by atoms with Crippen LogP contribution >= 0.6 is 27.3 Å². The summed E-state index contributed by atoms with van der Waals surface area (Å²) in [5.41, 5.74) is 0. The molecule has 0 aliphatic carbocycles. The molecule has 1 fully saturated rings. The molecule has 3 rings (SSSR count). The SMILES string of the molecule is F[C@@H]1CN[C@@H](c2nc(-c3cc(Br)cs3)no2)C1. The smallest absolute Gasteiger partial charge is 0.244 e. The van der Waals surface area contributed by atoms with Crippen molar-refractivity contribution in [2.45, 2.75) is 18.6 Å². The van der Waals surface area contributed by atoms with Crippen molar-refractivity contribution in [3.63, 3.8) is 0 Å². The summed E-state index contributed by atoms with van der Waals surface area (Å²) in [6, 6.07) is 1.77. The maximum Gasteiger partial charge on any atom is 0.244 e. The average molecular weight is 318 g/mol. The van der Waals surface area contributed by atoms with Crippen LogP contribution in [0.5, 0.6) is 0 Å². The number of nitrogens with zero attached hydrogens (tertiary/aromatic N) is 2. The molecule has 0 spiro atoms. The lowest BCUT2D eigenvalue weighted by atomic mass is 10.2. The molecule has 0 radical (unpaired) electrons. The highest BCUT2D eigenvalue weighted by molar-refractivity contribution is 9.10. The van der Waals surface area contributed by atoms with Gasteiger partial charge in [-0.15, -0.1) is 11.3 Å². The zero-order chi connectivity index (χ0) is 11.8. The summed E-state index contributed by atoms with van der Waals surface area (Å²) in [4.78, 5) is 5.23. The second kappa shape index (κ2) is 4.47. The molecule has 1 saturated heterocycles. The Labute approximate surface area is 109 Å². The largest absolute Gasteiger partial charge is 0.337 e. The predicted octanol–water partition coefficient (Wildman–Crippen LogP) is 2.93. The molecule has 0 unspecified atom stereocenters. The molecule has 2 aromatic rings. The lowest BCUT2D eigenvalue weighted by molar-refractivity contribution is 0.324. The van der Waals surface area contributed by atoms with E-state index in [1.165, 1.54) is 11.3 Å². The number of nitrogens with one attached hydrogen (secondary N) is 1. The Kier molecular flexibility index (Phi) is 2.97. The zero-order valence-corrected chi connectivity index (χ0v) is 11.1. The van der Waals surface area contributed by atoms with Crippen LogP contribution in [-0.2, 0) is 0 Å². The number of hydrogen-bond donors (Lipinski definition) is 1. The van der Waals surface area contributed by atoms with Crippen LogP contribution in [0, 0.1) is 0 Å². The molecule has 2 aromatic heterocycles. The minimum atomic E-state index is -0.828. The third kappa shape index (κ3) is 2.27. The van der Waals surface area contributed by atoms with E-state index in [1.54, 1.807) is 0 Å². The van der Waals surface area contributed by atoms with Gasteiger partial charge in [0, 0.05) is 22.8 Å². The summed E-state index contributed by atoms with van der Waals surface area (Å²) >= 11 is 4.91. The fourth-order valence-corrected chi connectivity index (χ4v) is 3.14. The standard InChI is InChI=1S/C10H9BrFN3OS/c11-5-1-8(17-4-5)9-14-10(16-15-9)7-2-6(12)3-13-7/h1,4,6-7,13H,2-3H2/t6-,7+/m0/s1. The van der Waals surface area contributed by atoms with E-state index in [9.17, 15) is 4.39 Å². The van der Waals surface area contributed by atoms with Crippen molar-refractivity contribution >= 4 is 27.3 Å². The second-order valence-electron chi connectivity index (χ2n) is 3.88. The van der Waals surface area contributed by atoms with Crippen LogP contribution in [0.2, 0.25) is 0 Å². The van der Waals surface area contributed by atoms with Crippen LogP contribution < -0.4 is 5.32 Å². The number of alkyl halides is 1. The lowest BCUT2D eigenvalue weighted by Crippen LogP contribution is -2.14. The van der Waals surface area contributed by atoms with E-state index >= 15 is 0 Å². The minimum Gasteiger partial charge on any atom is -0.337 e. The average Bonchev–Trinajstić information content (AvgIpc) is 2.96. The van der Waals surface area contributed by atoms with E-state index in [4.69, 9.17) is 4.52 Å². The third-order valence-corrected chi connectivity index (χ3v) is 4.29. The highest BCUT2D eigenvalue weighted by Crippen LogP contribution is 2.30. The number of rotatable bonds is 2. The molecule has 4 nitrogen and oxygen atoms in total. The van der Waals surface area contributed by atoms with Crippen LogP contribution in [-0.4, -0.2) is 22.9 Å². The molecule has 1 aliphatic heterocycles. The van der Waals surface area contributed by atoms with Crippen LogP contribution in [0.3, 0.4) is 0 Å². The van der Waals surface area contributed by atoms with Gasteiger partial charge in [-0.05, 0) is 22.0 Å². The van der Waals surface area contributed by atoms with E-state index in [0.29, 0.717) is 24.7 Å². The Hall–Kier alpha value is -0.790. The van der Waals surface area contributed by atoms with Gasteiger partial charge < -0.3 is 9.84 Å². The van der Waals surface area contributed by atoms with Gasteiger partial charge in [0.1, 0.15) is 6.17 Å². The molecular formula is C10H9BrFN3OS. The third-order valence-electron chi connectivity index (χ3n) is 2.60. The molecule has 1 N–H and O–H groups in total. The summed E-state index contributed by atoms with van der Waals surface area (Å²) in [6.45, 7) is 0.354. The van der Waals surface area contributed by atoms with Gasteiger partial charge >= 0.3 is 0 Å². The van der Waals surface area contributed by atoms with E-state index in [-0.39, 0.29) is 6.04 Å². The second-order valence-corrected chi connectivity index (χ2v) is 5.71. The summed E-state index contributed by atoms with van der Waals surface area (Å²) in [5, 5.41) is 8.88. The van der Waals surface area contributed by atoms with Crippen molar-refractivity contribution in [3.8, 4) is 10.7 Å². The summed E-state index contributed by atoms with van der Waals surface area (Å²) in [7, 11) is 0. The van der Waals surface area contributed by atoms with E-state index in [0.717, 1.165) is 9.35 Å². The van der Waals surface area contributed by atoms with Gasteiger partial charge in [0.25, 0.3) is 0 Å². The quantitative estimate of drug-likeness (QED) is 0.925. The van der Waals surface area contributed by atoms with Gasteiger partial charge in [-0.1, -0.05) is 5.16 Å². The molecule has 7 heteroatoms. The zero-order valence-electron chi connectivity index (χ0n) is 8.69. The Bertz CT molecular complexity index is 529. The van der Waals surface area contributed by atoms with E-state index < -0.39 is 6.17 Å². The Morgan fingerprint density at radius 2 is 2.47 bits per heavy atom. The number of thiophene rings is 1. The van der Waals surface area contributed by atoms with Gasteiger partial charge in [0.15, 0.2) is 0 Å². The van der Waals surface area contributed by atoms with Gasteiger partial charge in [-0.2, -0.15) is 4.98 Å². The van der Waals surface area contributed by atoms with Crippen molar-refractivity contribution in [2.24, 2.45) is 0 Å². The fourth-order valence-electron chi connectivity index (χ4n) is 1.79. The van der Waals surface area contributed by atoms with Crippen LogP contribution in [0.15, 0.2) is 20.4 Å². The Morgan fingerprint density at radius 1 is 1.59 bits per heavy atom. The van der Waals surface area contributed by atoms with Gasteiger partial charge in [0.05, 0.1) is 10.9 Å². The van der Waals surface area contributed by atoms with E-state index in [1.807, 2.05) is 11.4 Å². The molecule has 0 aromatic carbocycles. The van der Waals surface area contributed by atoms with Crippen molar-refractivity contribution in [1.29, 1.82) is 0 Å². The van der Waals surface area contributed by atoms with Crippen molar-refractivity contribution in [3.05, 3.63) is 21.8 Å². The van der Waals surface area contributed by atoms with Crippen molar-refractivity contribution in [2.75, 3.05) is 6.54 Å². The normalized spacial score (nSPS) is 24.4. The van der Waals surface area contributed by atoms with Crippen molar-refractivity contribution < 1.29 is 8.91 Å². The minimum absolute atomic E-state index is 0.158. The highest BCUT2D eigenvalue weighted by atomic mass is 79.9. The first-order chi connectivity index (χ1) is 8.22. The maximum absolute atomic E-state index is 13.0. The molecule has 90 valence electrons. The monoisotopic (exact) mass is 317 g/mol. The molecule has 2 atom stereocenters. The van der Waals surface area contributed by atoms with Crippen LogP contribution in [0.25, 0.3) is 10.7 Å². The summed E-state index contributed by atoms with van der Waals surface area (Å²) in [6.07, 6.45) is -0.429. The molecule has 3 heterocycles. The lowest BCUT2D eigenvalue weighted by Gasteiger charge is -2.00. The molecular weight excluding hydrogens is 309 g/mol. The predicted molar refractivity (Wildman–Crippen MR) is 65.6 cm³/mol. The first-order valence-corrected chi connectivity index (χ1v) is 6.85. The fraction of sp³-hybridized carbons (Fsp3) is 0.400.